The minimum Gasteiger partial charge on any atom is -0.489 e. The van der Waals surface area contributed by atoms with Crippen molar-refractivity contribution in [1.82, 2.24) is 5.32 Å². The Morgan fingerprint density at radius 1 is 0.721 bits per heavy atom. The smallest absolute Gasteiger partial charge is 0.238 e. The third kappa shape index (κ3) is 12.0. The van der Waals surface area contributed by atoms with Crippen molar-refractivity contribution in [2.75, 3.05) is 13.2 Å². The van der Waals surface area contributed by atoms with E-state index >= 15 is 0 Å². The molecule has 9 N–H and O–H groups in total. The number of carbonyl (C=O) groups is 2. The van der Waals surface area contributed by atoms with Crippen LogP contribution in [0.3, 0.4) is 0 Å². The van der Waals surface area contributed by atoms with Crippen LogP contribution in [0.5, 0.6) is 11.5 Å². The lowest BCUT2D eigenvalue weighted by Crippen LogP contribution is -2.65. The molecule has 2 aliphatic rings. The zero-order valence-corrected chi connectivity index (χ0v) is 33.5. The minimum atomic E-state index is -1.78. The van der Waals surface area contributed by atoms with Gasteiger partial charge in [-0.3, -0.25) is 4.79 Å². The van der Waals surface area contributed by atoms with Crippen LogP contribution < -0.4 is 20.5 Å². The zero-order valence-electron chi connectivity index (χ0n) is 33.5. The van der Waals surface area contributed by atoms with Gasteiger partial charge in [-0.15, -0.1) is 0 Å². The number of aliphatic hydroxyl groups is 6. The van der Waals surface area contributed by atoms with Crippen LogP contribution >= 0.6 is 0 Å². The van der Waals surface area contributed by atoms with Crippen molar-refractivity contribution in [2.24, 2.45) is 5.73 Å². The predicted molar refractivity (Wildman–Crippen MR) is 218 cm³/mol. The third-order valence-electron chi connectivity index (χ3n) is 10.8. The minimum absolute atomic E-state index is 0.120. The van der Waals surface area contributed by atoms with E-state index in [-0.39, 0.29) is 31.3 Å². The molecule has 0 aliphatic carbocycles. The fourth-order valence-electron chi connectivity index (χ4n) is 7.05. The van der Waals surface area contributed by atoms with Crippen molar-refractivity contribution in [2.45, 2.75) is 106 Å². The van der Waals surface area contributed by atoms with Gasteiger partial charge in [0.1, 0.15) is 73.2 Å². The molecule has 16 nitrogen and oxygen atoms in total. The zero-order chi connectivity index (χ0) is 43.5. The van der Waals surface area contributed by atoms with Crippen LogP contribution in [0, 0.1) is 0 Å². The second-order valence-corrected chi connectivity index (χ2v) is 15.2. The highest BCUT2D eigenvalue weighted by atomic mass is 16.7. The Balaban J connectivity index is 0.983. The monoisotopic (exact) mass is 846 g/mol. The molecule has 0 saturated carbocycles. The van der Waals surface area contributed by atoms with E-state index in [2.05, 4.69) is 5.32 Å². The highest BCUT2D eigenvalue weighted by molar-refractivity contribution is 5.85. The van der Waals surface area contributed by atoms with Gasteiger partial charge >= 0.3 is 0 Å². The van der Waals surface area contributed by atoms with Gasteiger partial charge in [0.25, 0.3) is 0 Å². The van der Waals surface area contributed by atoms with Crippen LogP contribution in [0.15, 0.2) is 109 Å². The van der Waals surface area contributed by atoms with E-state index in [4.69, 9.17) is 34.2 Å². The maximum Gasteiger partial charge on any atom is 0.238 e. The largest absolute Gasteiger partial charge is 0.489 e. The van der Waals surface area contributed by atoms with Gasteiger partial charge < -0.3 is 74.9 Å². The molecule has 4 aromatic carbocycles. The van der Waals surface area contributed by atoms with E-state index in [0.29, 0.717) is 24.2 Å². The van der Waals surface area contributed by atoms with Gasteiger partial charge in [0.2, 0.25) is 12.2 Å². The van der Waals surface area contributed by atoms with Crippen LogP contribution in [-0.4, -0.2) is 130 Å². The van der Waals surface area contributed by atoms with Crippen LogP contribution in [0.2, 0.25) is 0 Å². The molecule has 13 atom stereocenters. The van der Waals surface area contributed by atoms with E-state index in [1.54, 1.807) is 36.4 Å². The van der Waals surface area contributed by atoms with Crippen molar-refractivity contribution in [3.63, 3.8) is 0 Å². The summed E-state index contributed by atoms with van der Waals surface area (Å²) < 4.78 is 34.8. The van der Waals surface area contributed by atoms with Gasteiger partial charge in [-0.1, -0.05) is 91.9 Å². The lowest BCUT2D eigenvalue weighted by atomic mass is 9.93. The molecule has 2 saturated heterocycles. The molecule has 11 unspecified atom stereocenters. The van der Waals surface area contributed by atoms with Gasteiger partial charge in [0, 0.05) is 5.92 Å². The van der Waals surface area contributed by atoms with E-state index in [9.17, 15) is 40.2 Å². The number of hydrogen-bond acceptors (Lipinski definition) is 15. The van der Waals surface area contributed by atoms with Crippen LogP contribution in [0.4, 0.5) is 0 Å². The summed E-state index contributed by atoms with van der Waals surface area (Å²) >= 11 is 0. The molecule has 0 radical (unpaired) electrons. The lowest BCUT2D eigenvalue weighted by molar-refractivity contribution is -0.353. The SMILES string of the molecule is CC(c1ccccc1)[C@H](N)C(=O)N[C@H](C=O)Cc1ccc(OC2OC(CO)C(OC3OC(COCc4ccc(OCc5ccccc5)cc4)C(O)C(O)C3O)C(O)C2O)cc1. The fraction of sp³-hybridized carbons (Fsp3) is 0.422. The normalized spacial score (nSPS) is 27.9. The molecule has 2 heterocycles. The van der Waals surface area contributed by atoms with Crippen molar-refractivity contribution in [1.29, 1.82) is 0 Å². The molecule has 1 amide bonds. The summed E-state index contributed by atoms with van der Waals surface area (Å²) in [6.07, 6.45) is -14.8. The number of nitrogens with two attached hydrogens (primary N) is 1. The Kier molecular flexibility index (Phi) is 16.3. The lowest BCUT2D eigenvalue weighted by Gasteiger charge is -2.46. The number of rotatable bonds is 19. The Morgan fingerprint density at radius 2 is 1.31 bits per heavy atom. The predicted octanol–water partition coefficient (Wildman–Crippen LogP) is 0.850. The second-order valence-electron chi connectivity index (χ2n) is 15.2. The number of nitrogens with one attached hydrogen (secondary N) is 1. The first-order valence-electron chi connectivity index (χ1n) is 20.1. The maximum absolute atomic E-state index is 12.9. The molecule has 4 aromatic rings. The molecular weight excluding hydrogens is 792 g/mol. The standard InChI is InChI=1S/C45H54N2O14/c1-26(30-10-6-3-7-11-30)36(46)43(55)47-31(21-48)20-27-12-18-33(19-13-27)58-44-41(54)39(52)42(34(22-49)59-44)61-45-40(53)38(51)37(50)35(60-45)25-56-23-29-14-16-32(17-15-29)57-24-28-8-4-2-5-9-28/h2-19,21,26,31,34-42,44-45,49-54H,20,22-25,46H2,1H3,(H,47,55)/t26?,31-,34?,35?,36-,37?,38?,39?,40?,41?,42?,44?,45?/m0/s1. The summed E-state index contributed by atoms with van der Waals surface area (Å²) in [6.45, 7) is 1.45. The number of aliphatic hydroxyl groups excluding tert-OH is 6. The average Bonchev–Trinajstić information content (AvgIpc) is 3.29. The summed E-state index contributed by atoms with van der Waals surface area (Å²) in [6, 6.07) is 31.0. The summed E-state index contributed by atoms with van der Waals surface area (Å²) in [7, 11) is 0. The first-order valence-corrected chi connectivity index (χ1v) is 20.1. The topological polar surface area (TPSA) is 249 Å². The number of ether oxygens (including phenoxy) is 6. The molecule has 0 spiro atoms. The van der Waals surface area contributed by atoms with Gasteiger partial charge in [-0.05, 0) is 52.9 Å². The van der Waals surface area contributed by atoms with Crippen molar-refractivity contribution < 1.29 is 68.6 Å². The van der Waals surface area contributed by atoms with Gasteiger partial charge in [-0.25, -0.2) is 0 Å². The van der Waals surface area contributed by atoms with Crippen LogP contribution in [0.1, 0.15) is 35.1 Å². The summed E-state index contributed by atoms with van der Waals surface area (Å²) in [4.78, 5) is 24.8. The molecule has 16 heteroatoms. The van der Waals surface area contributed by atoms with Crippen molar-refractivity contribution >= 4 is 12.2 Å². The molecule has 0 aromatic heterocycles. The summed E-state index contributed by atoms with van der Waals surface area (Å²) in [5.74, 6) is 0.124. The van der Waals surface area contributed by atoms with E-state index in [1.807, 2.05) is 79.7 Å². The van der Waals surface area contributed by atoms with Crippen molar-refractivity contribution in [3.05, 3.63) is 131 Å². The molecule has 2 fully saturated rings. The molecular formula is C45H54N2O14. The number of aldehydes is 1. The second kappa shape index (κ2) is 21.8. The Hall–Kier alpha value is -4.82. The third-order valence-corrected chi connectivity index (χ3v) is 10.8. The van der Waals surface area contributed by atoms with Crippen molar-refractivity contribution in [3.8, 4) is 11.5 Å². The van der Waals surface area contributed by atoms with Crippen LogP contribution in [-0.2, 0) is 48.2 Å². The summed E-state index contributed by atoms with van der Waals surface area (Å²) in [5, 5.41) is 67.1. The molecule has 328 valence electrons. The number of benzene rings is 4. The molecule has 6 rings (SSSR count). The molecule has 0 bridgehead atoms. The Bertz CT molecular complexity index is 1940. The van der Waals surface area contributed by atoms with Gasteiger partial charge in [0.05, 0.1) is 31.9 Å². The van der Waals surface area contributed by atoms with E-state index < -0.39 is 86.0 Å². The fourth-order valence-corrected chi connectivity index (χ4v) is 7.05. The molecule has 61 heavy (non-hydrogen) atoms. The highest BCUT2D eigenvalue weighted by Gasteiger charge is 2.51. The van der Waals surface area contributed by atoms with Gasteiger partial charge in [-0.2, -0.15) is 0 Å². The summed E-state index contributed by atoms with van der Waals surface area (Å²) in [5.41, 5.74) is 9.60. The van der Waals surface area contributed by atoms with E-state index in [1.165, 1.54) is 0 Å². The first kappa shape index (κ1) is 45.7. The highest BCUT2D eigenvalue weighted by Crippen LogP contribution is 2.31. The first-order chi connectivity index (χ1) is 29.4. The van der Waals surface area contributed by atoms with E-state index in [0.717, 1.165) is 16.7 Å². The Labute approximate surface area is 353 Å². The number of carbonyl (C=O) groups excluding carboxylic acids is 2. The molecule has 2 aliphatic heterocycles. The quantitative estimate of drug-likeness (QED) is 0.0610. The number of hydrogen-bond donors (Lipinski definition) is 8. The maximum atomic E-state index is 12.9. The van der Waals surface area contributed by atoms with Gasteiger partial charge in [0.15, 0.2) is 6.29 Å². The Morgan fingerprint density at radius 3 is 1.97 bits per heavy atom. The average molecular weight is 847 g/mol. The number of amides is 1. The van der Waals surface area contributed by atoms with Crippen LogP contribution in [0.25, 0.3) is 0 Å².